The number of furan rings is 1. The van der Waals surface area contributed by atoms with Gasteiger partial charge in [0, 0.05) is 9.86 Å². The summed E-state index contributed by atoms with van der Waals surface area (Å²) in [6.07, 6.45) is 1.47. The van der Waals surface area contributed by atoms with Crippen LogP contribution in [0.25, 0.3) is 11.0 Å². The number of benzene rings is 3. The number of carboxylic acid groups (broad SMARTS) is 1. The molecule has 0 aliphatic heterocycles. The van der Waals surface area contributed by atoms with Gasteiger partial charge in [0.15, 0.2) is 17.3 Å². The number of carbonyl (C=O) groups is 2. The molecule has 0 spiro atoms. The third-order valence-electron chi connectivity index (χ3n) is 4.98. The number of halogens is 3. The Hall–Kier alpha value is -3.15. The highest BCUT2D eigenvalue weighted by Gasteiger charge is 2.15. The summed E-state index contributed by atoms with van der Waals surface area (Å²) in [4.78, 5) is 23.5. The highest BCUT2D eigenvalue weighted by atomic mass is 79.9. The molecular weight excluding hydrogens is 664 g/mol. The number of fused-ring (bicyclic) bond motifs is 1. The molecule has 1 amide bonds. The minimum absolute atomic E-state index is 0.125. The second-order valence-electron chi connectivity index (χ2n) is 7.44. The lowest BCUT2D eigenvalue weighted by atomic mass is 10.1. The standard InChI is InChI=1S/C25H17Br3N2O6/c1-34-20-7-14(6-18(27)23(20)35-12-13-2-4-15(5-3-13)25(32)33)11-29-30-24(31)21-9-16-8-17(26)10-19(28)22(16)36-21/h2-11H,12H2,1H3,(H,30,31)(H,32,33)/b29-11-. The van der Waals surface area contributed by atoms with E-state index in [0.29, 0.717) is 27.1 Å². The average Bonchev–Trinajstić information content (AvgIpc) is 3.28. The lowest BCUT2D eigenvalue weighted by Crippen LogP contribution is -2.16. The van der Waals surface area contributed by atoms with E-state index in [4.69, 9.17) is 19.0 Å². The summed E-state index contributed by atoms with van der Waals surface area (Å²) in [5.74, 6) is -0.434. The van der Waals surface area contributed by atoms with E-state index in [0.717, 1.165) is 19.9 Å². The summed E-state index contributed by atoms with van der Waals surface area (Å²) in [5.41, 5.74) is 4.67. The predicted molar refractivity (Wildman–Crippen MR) is 145 cm³/mol. The van der Waals surface area contributed by atoms with Crippen LogP contribution in [0.1, 0.15) is 32.0 Å². The number of hydrogen-bond acceptors (Lipinski definition) is 6. The number of amides is 1. The smallest absolute Gasteiger partial charge is 0.335 e. The number of rotatable bonds is 8. The second kappa shape index (κ2) is 11.3. The summed E-state index contributed by atoms with van der Waals surface area (Å²) in [6, 6.07) is 15.2. The number of hydrogen-bond donors (Lipinski definition) is 2. The molecule has 0 bridgehead atoms. The van der Waals surface area contributed by atoms with Gasteiger partial charge >= 0.3 is 11.9 Å². The molecular formula is C25H17Br3N2O6. The van der Waals surface area contributed by atoms with E-state index < -0.39 is 11.9 Å². The van der Waals surface area contributed by atoms with Gasteiger partial charge in [-0.15, -0.1) is 0 Å². The topological polar surface area (TPSA) is 110 Å². The molecule has 2 N–H and O–H groups in total. The van der Waals surface area contributed by atoms with Gasteiger partial charge in [-0.1, -0.05) is 28.1 Å². The van der Waals surface area contributed by atoms with E-state index in [1.54, 1.807) is 30.3 Å². The third-order valence-corrected chi connectivity index (χ3v) is 6.61. The number of nitrogens with zero attached hydrogens (tertiary/aromatic N) is 1. The maximum Gasteiger partial charge on any atom is 0.335 e. The Morgan fingerprint density at radius 2 is 1.81 bits per heavy atom. The molecule has 0 saturated carbocycles. The summed E-state index contributed by atoms with van der Waals surface area (Å²) in [5, 5.41) is 13.8. The first kappa shape index (κ1) is 25.9. The van der Waals surface area contributed by atoms with Crippen molar-refractivity contribution in [3.05, 3.63) is 90.5 Å². The van der Waals surface area contributed by atoms with Crippen molar-refractivity contribution < 1.29 is 28.6 Å². The van der Waals surface area contributed by atoms with Crippen LogP contribution in [0.15, 0.2) is 77.5 Å². The van der Waals surface area contributed by atoms with E-state index in [-0.39, 0.29) is 17.9 Å². The molecule has 8 nitrogen and oxygen atoms in total. The van der Waals surface area contributed by atoms with Crippen LogP contribution in [0.5, 0.6) is 11.5 Å². The van der Waals surface area contributed by atoms with Crippen molar-refractivity contribution in [1.29, 1.82) is 0 Å². The Morgan fingerprint density at radius 3 is 2.50 bits per heavy atom. The molecule has 1 heterocycles. The van der Waals surface area contributed by atoms with Gasteiger partial charge in [-0.3, -0.25) is 4.79 Å². The minimum Gasteiger partial charge on any atom is -0.493 e. The summed E-state index contributed by atoms with van der Waals surface area (Å²) in [7, 11) is 1.51. The van der Waals surface area contributed by atoms with E-state index in [2.05, 4.69) is 58.3 Å². The number of methoxy groups -OCH3 is 1. The first-order valence-electron chi connectivity index (χ1n) is 10.3. The molecule has 0 saturated heterocycles. The lowest BCUT2D eigenvalue weighted by molar-refractivity contribution is 0.0696. The Morgan fingerprint density at radius 1 is 1.06 bits per heavy atom. The maximum atomic E-state index is 12.5. The van der Waals surface area contributed by atoms with E-state index in [1.165, 1.54) is 25.5 Å². The summed E-state index contributed by atoms with van der Waals surface area (Å²) in [6.45, 7) is 0.211. The van der Waals surface area contributed by atoms with Gasteiger partial charge in [-0.25, -0.2) is 10.2 Å². The van der Waals surface area contributed by atoms with E-state index in [9.17, 15) is 9.59 Å². The van der Waals surface area contributed by atoms with Gasteiger partial charge < -0.3 is 19.0 Å². The lowest BCUT2D eigenvalue weighted by Gasteiger charge is -2.13. The fraction of sp³-hybridized carbons (Fsp3) is 0.0800. The van der Waals surface area contributed by atoms with E-state index in [1.807, 2.05) is 12.1 Å². The van der Waals surface area contributed by atoms with Gasteiger partial charge in [-0.2, -0.15) is 5.10 Å². The number of hydrazone groups is 1. The van der Waals surface area contributed by atoms with Crippen molar-refractivity contribution in [2.45, 2.75) is 6.61 Å². The van der Waals surface area contributed by atoms with Crippen LogP contribution in [-0.2, 0) is 6.61 Å². The Bertz CT molecular complexity index is 1480. The van der Waals surface area contributed by atoms with Gasteiger partial charge in [0.1, 0.15) is 12.2 Å². The first-order valence-corrected chi connectivity index (χ1v) is 12.7. The normalized spacial score (nSPS) is 11.1. The predicted octanol–water partition coefficient (Wildman–Crippen LogP) is 6.77. The molecule has 184 valence electrons. The van der Waals surface area contributed by atoms with Crippen molar-refractivity contribution in [3.63, 3.8) is 0 Å². The van der Waals surface area contributed by atoms with Gasteiger partial charge in [0.25, 0.3) is 0 Å². The molecule has 0 unspecified atom stereocenters. The fourth-order valence-electron chi connectivity index (χ4n) is 3.26. The molecule has 0 fully saturated rings. The zero-order valence-electron chi connectivity index (χ0n) is 18.6. The molecule has 0 aliphatic rings. The second-order valence-corrected chi connectivity index (χ2v) is 10.1. The zero-order chi connectivity index (χ0) is 25.8. The van der Waals surface area contributed by atoms with Crippen LogP contribution >= 0.6 is 47.8 Å². The zero-order valence-corrected chi connectivity index (χ0v) is 23.3. The van der Waals surface area contributed by atoms with Gasteiger partial charge in [0.2, 0.25) is 0 Å². The molecule has 1 aromatic heterocycles. The van der Waals surface area contributed by atoms with Crippen molar-refractivity contribution in [1.82, 2.24) is 5.43 Å². The quantitative estimate of drug-likeness (QED) is 0.157. The largest absolute Gasteiger partial charge is 0.493 e. The van der Waals surface area contributed by atoms with Crippen molar-refractivity contribution in [2.24, 2.45) is 5.10 Å². The van der Waals surface area contributed by atoms with Crippen LogP contribution in [0.4, 0.5) is 0 Å². The van der Waals surface area contributed by atoms with Gasteiger partial charge in [-0.05, 0) is 85.5 Å². The summed E-state index contributed by atoms with van der Waals surface area (Å²) < 4.78 is 19.2. The van der Waals surface area contributed by atoms with Crippen LogP contribution in [0.3, 0.4) is 0 Å². The number of nitrogens with one attached hydrogen (secondary N) is 1. The van der Waals surface area contributed by atoms with Crippen LogP contribution in [-0.4, -0.2) is 30.3 Å². The number of ether oxygens (including phenoxy) is 2. The fourth-order valence-corrected chi connectivity index (χ4v) is 5.18. The minimum atomic E-state index is -0.987. The van der Waals surface area contributed by atoms with Crippen molar-refractivity contribution >= 4 is 76.9 Å². The number of aromatic carboxylic acids is 1. The molecule has 3 aromatic carbocycles. The van der Waals surface area contributed by atoms with Gasteiger partial charge in [0.05, 0.1) is 27.8 Å². The molecule has 4 aromatic rings. The highest BCUT2D eigenvalue weighted by Crippen LogP contribution is 2.37. The first-order chi connectivity index (χ1) is 17.2. The molecule has 0 radical (unpaired) electrons. The SMILES string of the molecule is COc1cc(/C=N\NC(=O)c2cc3cc(Br)cc(Br)c3o2)cc(Br)c1OCc1ccc(C(=O)O)cc1. The number of carboxylic acids is 1. The highest BCUT2D eigenvalue weighted by molar-refractivity contribution is 9.11. The molecule has 4 rings (SSSR count). The summed E-state index contributed by atoms with van der Waals surface area (Å²) >= 11 is 10.3. The van der Waals surface area contributed by atoms with E-state index >= 15 is 0 Å². The Kier molecular flexibility index (Phi) is 8.12. The molecule has 0 atom stereocenters. The monoisotopic (exact) mass is 678 g/mol. The maximum absolute atomic E-state index is 12.5. The van der Waals surface area contributed by atoms with Crippen molar-refractivity contribution in [2.75, 3.05) is 7.11 Å². The molecule has 11 heteroatoms. The van der Waals surface area contributed by atoms with Crippen molar-refractivity contribution in [3.8, 4) is 11.5 Å². The Balaban J connectivity index is 1.44. The third kappa shape index (κ3) is 5.97. The Labute approximate surface area is 230 Å². The average molecular weight is 681 g/mol. The van der Waals surface area contributed by atoms with Crippen LogP contribution in [0.2, 0.25) is 0 Å². The van der Waals surface area contributed by atoms with Crippen LogP contribution in [0, 0.1) is 0 Å². The van der Waals surface area contributed by atoms with Crippen LogP contribution < -0.4 is 14.9 Å². The number of carbonyl (C=O) groups excluding carboxylic acids is 1. The molecule has 36 heavy (non-hydrogen) atoms. The molecule has 0 aliphatic carbocycles.